The highest BCUT2D eigenvalue weighted by Crippen LogP contribution is 2.26. The van der Waals surface area contributed by atoms with Gasteiger partial charge in [0.1, 0.15) is 0 Å². The number of nitrogens with one attached hydrogen (secondary N) is 2. The highest BCUT2D eigenvalue weighted by molar-refractivity contribution is 6.36. The lowest BCUT2D eigenvalue weighted by Gasteiger charge is -2.18. The SMILES string of the molecule is CC(=O)NC(CC(=O)Nc1ccc(Cl)cc1Cl)c1ccccc1. The van der Waals surface area contributed by atoms with Gasteiger partial charge in [0.05, 0.1) is 23.2 Å². The highest BCUT2D eigenvalue weighted by Gasteiger charge is 2.17. The molecule has 0 fully saturated rings. The van der Waals surface area contributed by atoms with E-state index in [2.05, 4.69) is 10.6 Å². The molecule has 6 heteroatoms. The van der Waals surface area contributed by atoms with Gasteiger partial charge in [-0.3, -0.25) is 9.59 Å². The van der Waals surface area contributed by atoms with Gasteiger partial charge in [0.25, 0.3) is 0 Å². The molecular formula is C17H16Cl2N2O2. The van der Waals surface area contributed by atoms with Gasteiger partial charge < -0.3 is 10.6 Å². The molecule has 0 bridgehead atoms. The fourth-order valence-electron chi connectivity index (χ4n) is 2.16. The lowest BCUT2D eigenvalue weighted by molar-refractivity contribution is -0.120. The first-order valence-electron chi connectivity index (χ1n) is 7.02. The first kappa shape index (κ1) is 17.3. The first-order chi connectivity index (χ1) is 11.0. The third kappa shape index (κ3) is 5.27. The lowest BCUT2D eigenvalue weighted by atomic mass is 10.0. The number of benzene rings is 2. The van der Waals surface area contributed by atoms with Gasteiger partial charge in [0.15, 0.2) is 0 Å². The van der Waals surface area contributed by atoms with Crippen LogP contribution in [0.2, 0.25) is 10.0 Å². The van der Waals surface area contributed by atoms with Crippen LogP contribution in [0.25, 0.3) is 0 Å². The van der Waals surface area contributed by atoms with Crippen LogP contribution in [-0.4, -0.2) is 11.8 Å². The molecule has 0 heterocycles. The van der Waals surface area contributed by atoms with Crippen molar-refractivity contribution in [3.8, 4) is 0 Å². The first-order valence-corrected chi connectivity index (χ1v) is 7.78. The van der Waals surface area contributed by atoms with Crippen molar-refractivity contribution >= 4 is 40.7 Å². The van der Waals surface area contributed by atoms with Gasteiger partial charge >= 0.3 is 0 Å². The summed E-state index contributed by atoms with van der Waals surface area (Å²) in [4.78, 5) is 23.6. The van der Waals surface area contributed by atoms with Gasteiger partial charge in [-0.1, -0.05) is 53.5 Å². The number of hydrogen-bond acceptors (Lipinski definition) is 2. The van der Waals surface area contributed by atoms with Crippen LogP contribution >= 0.6 is 23.2 Å². The normalized spacial score (nSPS) is 11.6. The molecule has 0 aliphatic heterocycles. The van der Waals surface area contributed by atoms with Crippen molar-refractivity contribution in [1.82, 2.24) is 5.32 Å². The molecule has 2 amide bonds. The minimum absolute atomic E-state index is 0.0998. The highest BCUT2D eigenvalue weighted by atomic mass is 35.5. The molecule has 0 saturated heterocycles. The van der Waals surface area contributed by atoms with Gasteiger partial charge in [-0.25, -0.2) is 0 Å². The smallest absolute Gasteiger partial charge is 0.226 e. The average Bonchev–Trinajstić information content (AvgIpc) is 2.50. The van der Waals surface area contributed by atoms with Crippen molar-refractivity contribution in [2.45, 2.75) is 19.4 Å². The Bertz CT molecular complexity index is 705. The second-order valence-corrected chi connectivity index (χ2v) is 5.88. The molecule has 0 spiro atoms. The molecule has 120 valence electrons. The Hall–Kier alpha value is -2.04. The Morgan fingerprint density at radius 2 is 1.78 bits per heavy atom. The fraction of sp³-hybridized carbons (Fsp3) is 0.176. The Balaban J connectivity index is 2.09. The summed E-state index contributed by atoms with van der Waals surface area (Å²) in [5, 5.41) is 6.37. The zero-order valence-electron chi connectivity index (χ0n) is 12.5. The van der Waals surface area contributed by atoms with Crippen molar-refractivity contribution in [2.75, 3.05) is 5.32 Å². The second-order valence-electron chi connectivity index (χ2n) is 5.04. The average molecular weight is 351 g/mol. The summed E-state index contributed by atoms with van der Waals surface area (Å²) in [7, 11) is 0. The Morgan fingerprint density at radius 3 is 2.39 bits per heavy atom. The second kappa shape index (κ2) is 7.99. The Labute approximate surface area is 144 Å². The maximum Gasteiger partial charge on any atom is 0.226 e. The van der Waals surface area contributed by atoms with E-state index in [4.69, 9.17) is 23.2 Å². The molecule has 2 aromatic carbocycles. The maximum atomic E-state index is 12.3. The number of halogens is 2. The van der Waals surface area contributed by atoms with Crippen LogP contribution in [0.4, 0.5) is 5.69 Å². The minimum Gasteiger partial charge on any atom is -0.349 e. The van der Waals surface area contributed by atoms with Crippen LogP contribution in [0, 0.1) is 0 Å². The molecule has 0 aliphatic rings. The number of hydrogen-bond donors (Lipinski definition) is 2. The van der Waals surface area contributed by atoms with Crippen molar-refractivity contribution in [3.05, 3.63) is 64.1 Å². The van der Waals surface area contributed by atoms with Gasteiger partial charge in [0.2, 0.25) is 11.8 Å². The van der Waals surface area contributed by atoms with E-state index in [1.807, 2.05) is 30.3 Å². The Kier molecular flexibility index (Phi) is 6.02. The molecule has 2 aromatic rings. The van der Waals surface area contributed by atoms with Crippen LogP contribution in [0.15, 0.2) is 48.5 Å². The van der Waals surface area contributed by atoms with Crippen molar-refractivity contribution < 1.29 is 9.59 Å². The summed E-state index contributed by atoms with van der Waals surface area (Å²) in [6.07, 6.45) is 0.0998. The maximum absolute atomic E-state index is 12.3. The summed E-state index contributed by atoms with van der Waals surface area (Å²) < 4.78 is 0. The van der Waals surface area contributed by atoms with E-state index in [1.165, 1.54) is 6.92 Å². The van der Waals surface area contributed by atoms with Crippen LogP contribution in [-0.2, 0) is 9.59 Å². The Morgan fingerprint density at radius 1 is 1.09 bits per heavy atom. The molecule has 0 saturated carbocycles. The summed E-state index contributed by atoms with van der Waals surface area (Å²) in [5.74, 6) is -0.451. The molecular weight excluding hydrogens is 335 g/mol. The van der Waals surface area contributed by atoms with E-state index < -0.39 is 6.04 Å². The van der Waals surface area contributed by atoms with E-state index in [9.17, 15) is 9.59 Å². The molecule has 23 heavy (non-hydrogen) atoms. The molecule has 1 atom stereocenters. The van der Waals surface area contributed by atoms with E-state index in [0.29, 0.717) is 15.7 Å². The minimum atomic E-state index is -0.403. The molecule has 4 nitrogen and oxygen atoms in total. The molecule has 1 unspecified atom stereocenters. The van der Waals surface area contributed by atoms with Crippen LogP contribution in [0.3, 0.4) is 0 Å². The van der Waals surface area contributed by atoms with Gasteiger partial charge in [-0.05, 0) is 23.8 Å². The lowest BCUT2D eigenvalue weighted by Crippen LogP contribution is -2.29. The predicted octanol–water partition coefficient (Wildman–Crippen LogP) is 4.20. The monoisotopic (exact) mass is 350 g/mol. The van der Waals surface area contributed by atoms with E-state index >= 15 is 0 Å². The summed E-state index contributed by atoms with van der Waals surface area (Å²) in [6, 6.07) is 13.8. The van der Waals surface area contributed by atoms with E-state index in [1.54, 1.807) is 18.2 Å². The van der Waals surface area contributed by atoms with Crippen molar-refractivity contribution in [3.63, 3.8) is 0 Å². The summed E-state index contributed by atoms with van der Waals surface area (Å²) in [6.45, 7) is 1.42. The summed E-state index contributed by atoms with van der Waals surface area (Å²) in [5.41, 5.74) is 1.34. The third-order valence-electron chi connectivity index (χ3n) is 3.17. The van der Waals surface area contributed by atoms with Crippen LogP contribution in [0.1, 0.15) is 24.9 Å². The fourth-order valence-corrected chi connectivity index (χ4v) is 2.62. The predicted molar refractivity (Wildman–Crippen MR) is 92.7 cm³/mol. The van der Waals surface area contributed by atoms with Crippen LogP contribution in [0.5, 0.6) is 0 Å². The number of rotatable bonds is 5. The molecule has 0 aromatic heterocycles. The number of carbonyl (C=O) groups is 2. The van der Waals surface area contributed by atoms with Gasteiger partial charge in [0, 0.05) is 11.9 Å². The topological polar surface area (TPSA) is 58.2 Å². The number of anilines is 1. The zero-order chi connectivity index (χ0) is 16.8. The van der Waals surface area contributed by atoms with Crippen molar-refractivity contribution in [1.29, 1.82) is 0 Å². The van der Waals surface area contributed by atoms with E-state index in [-0.39, 0.29) is 18.2 Å². The summed E-state index contributed by atoms with van der Waals surface area (Å²) >= 11 is 11.9. The number of amides is 2. The van der Waals surface area contributed by atoms with Gasteiger partial charge in [-0.2, -0.15) is 0 Å². The largest absolute Gasteiger partial charge is 0.349 e. The quantitative estimate of drug-likeness (QED) is 0.848. The standard InChI is InChI=1S/C17H16Cl2N2O2/c1-11(22)20-16(12-5-3-2-4-6-12)10-17(23)21-15-8-7-13(18)9-14(15)19/h2-9,16H,10H2,1H3,(H,20,22)(H,21,23). The molecule has 0 radical (unpaired) electrons. The molecule has 2 N–H and O–H groups in total. The molecule has 0 aliphatic carbocycles. The van der Waals surface area contributed by atoms with Crippen LogP contribution < -0.4 is 10.6 Å². The third-order valence-corrected chi connectivity index (χ3v) is 3.72. The molecule has 2 rings (SSSR count). The van der Waals surface area contributed by atoms with Crippen molar-refractivity contribution in [2.24, 2.45) is 0 Å². The zero-order valence-corrected chi connectivity index (χ0v) is 14.0. The van der Waals surface area contributed by atoms with E-state index in [0.717, 1.165) is 5.56 Å². The number of carbonyl (C=O) groups excluding carboxylic acids is 2. The van der Waals surface area contributed by atoms with Gasteiger partial charge in [-0.15, -0.1) is 0 Å².